The average molecular weight is 730 g/mol. The summed E-state index contributed by atoms with van der Waals surface area (Å²) in [6, 6.07) is 6.81. The summed E-state index contributed by atoms with van der Waals surface area (Å²) < 4.78 is 50.9. The van der Waals surface area contributed by atoms with Crippen molar-refractivity contribution in [1.29, 1.82) is 0 Å². The van der Waals surface area contributed by atoms with Crippen molar-refractivity contribution in [3.8, 4) is 5.75 Å². The summed E-state index contributed by atoms with van der Waals surface area (Å²) in [6.07, 6.45) is 6.16. The highest BCUT2D eigenvalue weighted by Gasteiger charge is 2.55. The van der Waals surface area contributed by atoms with Crippen molar-refractivity contribution in [3.63, 3.8) is 0 Å². The van der Waals surface area contributed by atoms with Gasteiger partial charge in [0.05, 0.1) is 43.9 Å². The third-order valence-corrected chi connectivity index (χ3v) is 13.9. The SMILES string of the molecule is C[C@]12CC[C@@H]3c4ccc(OCCCNC5CC6(C5)CC(NC[C@H]5OC[C@H](Nc7cncc(C(F)(F)F)n7)[C@@H](O)[C@H]5O)C6)cc4CC[C@H]3[C@@H]1CC[C@@H]2O. The summed E-state index contributed by atoms with van der Waals surface area (Å²) in [7, 11) is 0. The van der Waals surface area contributed by atoms with Crippen LogP contribution in [0.5, 0.6) is 5.75 Å². The number of halogens is 3. The Bertz CT molecular complexity index is 1570. The Morgan fingerprint density at radius 2 is 1.77 bits per heavy atom. The zero-order valence-corrected chi connectivity index (χ0v) is 30.0. The smallest absolute Gasteiger partial charge is 0.434 e. The molecule has 10 nitrogen and oxygen atoms in total. The monoisotopic (exact) mass is 729 g/mol. The van der Waals surface area contributed by atoms with Crippen molar-refractivity contribution in [3.05, 3.63) is 47.4 Å². The number of hydrogen-bond donors (Lipinski definition) is 6. The van der Waals surface area contributed by atoms with Gasteiger partial charge in [-0.15, -0.1) is 0 Å². The molecule has 2 aromatic rings. The maximum Gasteiger partial charge on any atom is 0.434 e. The van der Waals surface area contributed by atoms with E-state index in [9.17, 15) is 28.5 Å². The van der Waals surface area contributed by atoms with E-state index in [-0.39, 0.29) is 23.9 Å². The highest BCUT2D eigenvalue weighted by Crippen LogP contribution is 2.61. The van der Waals surface area contributed by atoms with Gasteiger partial charge in [-0.2, -0.15) is 13.2 Å². The number of aliphatic hydroxyl groups is 3. The first-order valence-corrected chi connectivity index (χ1v) is 19.4. The maximum atomic E-state index is 13.0. The Morgan fingerprint density at radius 3 is 2.56 bits per heavy atom. The number of hydrogen-bond acceptors (Lipinski definition) is 10. The van der Waals surface area contributed by atoms with Crippen LogP contribution >= 0.6 is 0 Å². The number of aromatic nitrogens is 2. The largest absolute Gasteiger partial charge is 0.494 e. The molecule has 2 heterocycles. The summed E-state index contributed by atoms with van der Waals surface area (Å²) >= 11 is 0. The molecule has 9 atom stereocenters. The lowest BCUT2D eigenvalue weighted by atomic mass is 9.52. The van der Waals surface area contributed by atoms with E-state index in [1.165, 1.54) is 30.4 Å². The van der Waals surface area contributed by atoms with E-state index in [0.29, 0.717) is 54.6 Å². The van der Waals surface area contributed by atoms with E-state index in [1.807, 2.05) is 0 Å². The second-order valence-corrected chi connectivity index (χ2v) is 17.1. The van der Waals surface area contributed by atoms with Crippen LogP contribution in [0.25, 0.3) is 0 Å². The highest BCUT2D eigenvalue weighted by atomic mass is 19.4. The Balaban J connectivity index is 0.698. The van der Waals surface area contributed by atoms with Crippen LogP contribution < -0.4 is 20.7 Å². The Morgan fingerprint density at radius 1 is 0.981 bits per heavy atom. The minimum absolute atomic E-state index is 0.0105. The molecule has 1 spiro atoms. The fourth-order valence-electron chi connectivity index (χ4n) is 11.0. The second-order valence-electron chi connectivity index (χ2n) is 17.1. The lowest BCUT2D eigenvalue weighted by Crippen LogP contribution is -2.62. The molecule has 6 aliphatic rings. The molecular weight excluding hydrogens is 675 g/mol. The standard InChI is InChI=1S/C39H54F3N5O5/c1-37-10-9-27-26-6-4-25(13-22(26)3-5-28(27)29(37)7-8-33(37)48)51-12-2-11-44-23-14-38(15-23)16-24(17-38)45-18-31-36(50)35(49)30(21-52-31)46-34-20-43-19-32(47-34)39(40,41)42/h4,6,13,19-20,23-24,27-31,33,35-36,44-45,48-50H,2-3,5,7-12,14-18,21H2,1H3,(H,46,47)/t23?,24?,27-,28-,29+,30+,31-,33+,35-,36+,37+,38?/m1/s1. The van der Waals surface area contributed by atoms with Gasteiger partial charge in [0.1, 0.15) is 23.8 Å². The molecule has 52 heavy (non-hydrogen) atoms. The minimum atomic E-state index is -4.63. The number of anilines is 1. The first-order chi connectivity index (χ1) is 24.9. The molecule has 6 N–H and O–H groups in total. The lowest BCUT2D eigenvalue weighted by Gasteiger charge is -2.58. The normalized spacial score (nSPS) is 39.5. The minimum Gasteiger partial charge on any atom is -0.494 e. The van der Waals surface area contributed by atoms with E-state index in [2.05, 4.69) is 51.0 Å². The summed E-state index contributed by atoms with van der Waals surface area (Å²) in [5, 5.41) is 41.9. The molecule has 0 unspecified atom stereocenters. The molecule has 13 heteroatoms. The van der Waals surface area contributed by atoms with Crippen molar-refractivity contribution in [2.75, 3.05) is 31.6 Å². The number of aryl methyl sites for hydroxylation is 1. The number of benzene rings is 1. The summed E-state index contributed by atoms with van der Waals surface area (Å²) in [4.78, 5) is 7.10. The van der Waals surface area contributed by atoms with E-state index >= 15 is 0 Å². The zero-order valence-electron chi connectivity index (χ0n) is 30.0. The molecule has 0 radical (unpaired) electrons. The van der Waals surface area contributed by atoms with E-state index < -0.39 is 36.2 Å². The fourth-order valence-corrected chi connectivity index (χ4v) is 11.0. The van der Waals surface area contributed by atoms with Crippen molar-refractivity contribution < 1.29 is 38.0 Å². The van der Waals surface area contributed by atoms with Crippen LogP contribution in [-0.4, -0.2) is 94.1 Å². The van der Waals surface area contributed by atoms with Crippen LogP contribution in [0.3, 0.4) is 0 Å². The second kappa shape index (κ2) is 14.3. The molecular formula is C39H54F3N5O5. The topological polar surface area (TPSA) is 141 Å². The molecule has 5 aliphatic carbocycles. The summed E-state index contributed by atoms with van der Waals surface area (Å²) in [5.74, 6) is 2.82. The Hall–Kier alpha value is -2.55. The summed E-state index contributed by atoms with van der Waals surface area (Å²) in [5.41, 5.74) is 2.33. The average Bonchev–Trinajstić information content (AvgIpc) is 3.40. The first-order valence-electron chi connectivity index (χ1n) is 19.4. The van der Waals surface area contributed by atoms with Gasteiger partial charge in [-0.05, 0) is 129 Å². The molecule has 0 amide bonds. The van der Waals surface area contributed by atoms with Gasteiger partial charge in [-0.25, -0.2) is 4.98 Å². The molecule has 5 fully saturated rings. The molecule has 8 rings (SSSR count). The van der Waals surface area contributed by atoms with Crippen molar-refractivity contribution in [2.24, 2.45) is 22.7 Å². The van der Waals surface area contributed by atoms with E-state index in [0.717, 1.165) is 69.9 Å². The maximum absolute atomic E-state index is 13.0. The molecule has 0 bridgehead atoms. The predicted octanol–water partition coefficient (Wildman–Crippen LogP) is 4.57. The number of alkyl halides is 3. The van der Waals surface area contributed by atoms with Gasteiger partial charge in [-0.1, -0.05) is 13.0 Å². The molecule has 4 saturated carbocycles. The quantitative estimate of drug-likeness (QED) is 0.182. The highest BCUT2D eigenvalue weighted by molar-refractivity contribution is 5.41. The number of nitrogens with one attached hydrogen (secondary N) is 3. The van der Waals surface area contributed by atoms with E-state index in [4.69, 9.17) is 9.47 Å². The lowest BCUT2D eigenvalue weighted by molar-refractivity contribution is -0.142. The number of fused-ring (bicyclic) bond motifs is 5. The van der Waals surface area contributed by atoms with Gasteiger partial charge in [0.2, 0.25) is 0 Å². The predicted molar refractivity (Wildman–Crippen MR) is 188 cm³/mol. The summed E-state index contributed by atoms with van der Waals surface area (Å²) in [6.45, 7) is 4.35. The molecule has 1 aromatic carbocycles. The number of nitrogens with zero attached hydrogens (tertiary/aromatic N) is 2. The molecule has 1 saturated heterocycles. The number of rotatable bonds is 11. The van der Waals surface area contributed by atoms with Crippen LogP contribution in [0.15, 0.2) is 30.6 Å². The number of ether oxygens (including phenoxy) is 2. The van der Waals surface area contributed by atoms with Gasteiger partial charge in [0, 0.05) is 18.6 Å². The third-order valence-electron chi connectivity index (χ3n) is 13.9. The van der Waals surface area contributed by atoms with Gasteiger partial charge < -0.3 is 40.7 Å². The first kappa shape index (κ1) is 36.4. The van der Waals surface area contributed by atoms with Crippen LogP contribution in [0.4, 0.5) is 19.0 Å². The van der Waals surface area contributed by atoms with Crippen LogP contribution in [0.1, 0.15) is 93.9 Å². The van der Waals surface area contributed by atoms with Crippen molar-refractivity contribution in [1.82, 2.24) is 20.6 Å². The number of aliphatic hydroxyl groups excluding tert-OH is 3. The van der Waals surface area contributed by atoms with E-state index in [1.54, 1.807) is 0 Å². The van der Waals surface area contributed by atoms with Gasteiger partial charge >= 0.3 is 6.18 Å². The Labute approximate surface area is 303 Å². The van der Waals surface area contributed by atoms with Gasteiger partial charge in [0.25, 0.3) is 0 Å². The van der Waals surface area contributed by atoms with Crippen molar-refractivity contribution in [2.45, 2.75) is 132 Å². The van der Waals surface area contributed by atoms with Crippen LogP contribution in [0.2, 0.25) is 0 Å². The van der Waals surface area contributed by atoms with Crippen molar-refractivity contribution >= 4 is 5.82 Å². The zero-order chi connectivity index (χ0) is 36.3. The van der Waals surface area contributed by atoms with Crippen LogP contribution in [-0.2, 0) is 17.3 Å². The van der Waals surface area contributed by atoms with Gasteiger partial charge in [-0.3, -0.25) is 4.98 Å². The van der Waals surface area contributed by atoms with Crippen LogP contribution in [0, 0.1) is 22.7 Å². The molecule has 1 aliphatic heterocycles. The Kier molecular flexibility index (Phi) is 9.99. The molecule has 1 aromatic heterocycles. The molecule has 286 valence electrons. The fraction of sp³-hybridized carbons (Fsp3) is 0.744. The van der Waals surface area contributed by atoms with Gasteiger partial charge in [0.15, 0.2) is 5.69 Å². The third kappa shape index (κ3) is 7.06.